The quantitative estimate of drug-likeness (QED) is 0.665. The molecule has 0 spiro atoms. The van der Waals surface area contributed by atoms with Crippen LogP contribution >= 0.6 is 11.3 Å². The summed E-state index contributed by atoms with van der Waals surface area (Å²) in [5, 5.41) is 16.6. The normalized spacial score (nSPS) is 10.3. The molecule has 1 heterocycles. The molecule has 1 aromatic carbocycles. The first-order chi connectivity index (χ1) is 8.65. The monoisotopic (exact) mass is 263 g/mol. The maximum absolute atomic E-state index is 10.5. The molecule has 0 saturated carbocycles. The molecule has 0 amide bonds. The third-order valence-electron chi connectivity index (χ3n) is 2.46. The molecule has 0 fully saturated rings. The summed E-state index contributed by atoms with van der Waals surface area (Å²) in [6.45, 7) is 2.72. The summed E-state index contributed by atoms with van der Waals surface area (Å²) in [6.07, 6.45) is 0.816. The fourth-order valence-electron chi connectivity index (χ4n) is 1.53. The minimum atomic E-state index is -0.389. The summed E-state index contributed by atoms with van der Waals surface area (Å²) < 4.78 is 0. The van der Waals surface area contributed by atoms with E-state index in [9.17, 15) is 10.1 Å². The summed E-state index contributed by atoms with van der Waals surface area (Å²) in [7, 11) is 0. The highest BCUT2D eigenvalue weighted by Gasteiger charge is 2.03. The van der Waals surface area contributed by atoms with Gasteiger partial charge in [-0.1, -0.05) is 12.1 Å². The maximum atomic E-state index is 10.5. The number of rotatable bonds is 5. The Morgan fingerprint density at radius 2 is 2.11 bits per heavy atom. The number of nitrogens with one attached hydrogen (secondary N) is 1. The molecule has 94 valence electrons. The smallest absolute Gasteiger partial charge is 0.269 e. The van der Waals surface area contributed by atoms with Crippen LogP contribution in [0.3, 0.4) is 0 Å². The molecule has 5 nitrogen and oxygen atoms in total. The number of aromatic nitrogens is 1. The van der Waals surface area contributed by atoms with Crippen LogP contribution in [0.1, 0.15) is 11.3 Å². The second-order valence-electron chi connectivity index (χ2n) is 3.89. The highest BCUT2D eigenvalue weighted by atomic mass is 32.1. The summed E-state index contributed by atoms with van der Waals surface area (Å²) in [4.78, 5) is 14.4. The number of nitro benzene ring substituents is 1. The summed E-state index contributed by atoms with van der Waals surface area (Å²) in [5.74, 6) is 0. The van der Waals surface area contributed by atoms with E-state index in [0.717, 1.165) is 29.4 Å². The van der Waals surface area contributed by atoms with E-state index in [1.165, 1.54) is 12.1 Å². The molecule has 6 heteroatoms. The van der Waals surface area contributed by atoms with Crippen molar-refractivity contribution in [3.05, 3.63) is 51.0 Å². The van der Waals surface area contributed by atoms with Gasteiger partial charge in [0.15, 0.2) is 5.13 Å². The van der Waals surface area contributed by atoms with Crippen LogP contribution in [-0.4, -0.2) is 16.5 Å². The molecule has 0 saturated heterocycles. The Balaban J connectivity index is 1.85. The molecule has 2 aromatic rings. The lowest BCUT2D eigenvalue weighted by atomic mass is 10.1. The predicted molar refractivity (Wildman–Crippen MR) is 72.1 cm³/mol. The van der Waals surface area contributed by atoms with Gasteiger partial charge in [0.25, 0.3) is 5.69 Å². The molecule has 0 bridgehead atoms. The Hall–Kier alpha value is -1.95. The number of benzene rings is 1. The standard InChI is InChI=1S/C12H13N3O2S/c1-9-8-18-12(14-9)13-7-6-10-2-4-11(5-3-10)15(16)17/h2-5,8H,6-7H2,1H3,(H,13,14). The van der Waals surface area contributed by atoms with Crippen molar-refractivity contribution in [2.45, 2.75) is 13.3 Å². The van der Waals surface area contributed by atoms with Crippen LogP contribution in [0.4, 0.5) is 10.8 Å². The fraction of sp³-hybridized carbons (Fsp3) is 0.250. The van der Waals surface area contributed by atoms with Crippen molar-refractivity contribution >= 4 is 22.2 Å². The molecule has 0 aliphatic heterocycles. The largest absolute Gasteiger partial charge is 0.361 e. The molecule has 0 radical (unpaired) electrons. The topological polar surface area (TPSA) is 68.1 Å². The third kappa shape index (κ3) is 3.27. The second kappa shape index (κ2) is 5.59. The Kier molecular flexibility index (Phi) is 3.88. The van der Waals surface area contributed by atoms with Gasteiger partial charge in [-0.3, -0.25) is 10.1 Å². The van der Waals surface area contributed by atoms with Gasteiger partial charge in [0, 0.05) is 24.1 Å². The van der Waals surface area contributed by atoms with Crippen LogP contribution in [-0.2, 0) is 6.42 Å². The maximum Gasteiger partial charge on any atom is 0.269 e. The van der Waals surface area contributed by atoms with Crippen LogP contribution in [0.5, 0.6) is 0 Å². The molecule has 0 unspecified atom stereocenters. The van der Waals surface area contributed by atoms with Crippen molar-refractivity contribution in [2.75, 3.05) is 11.9 Å². The number of anilines is 1. The number of hydrogen-bond acceptors (Lipinski definition) is 5. The van der Waals surface area contributed by atoms with Gasteiger partial charge in [-0.2, -0.15) is 0 Å². The van der Waals surface area contributed by atoms with E-state index in [0.29, 0.717) is 0 Å². The summed E-state index contributed by atoms with van der Waals surface area (Å²) in [6, 6.07) is 6.63. The van der Waals surface area contributed by atoms with Gasteiger partial charge in [-0.25, -0.2) is 4.98 Å². The highest BCUT2D eigenvalue weighted by molar-refractivity contribution is 7.13. The number of non-ortho nitro benzene ring substituents is 1. The molecule has 0 atom stereocenters. The van der Waals surface area contributed by atoms with E-state index in [4.69, 9.17) is 0 Å². The number of nitro groups is 1. The van der Waals surface area contributed by atoms with Crippen LogP contribution in [0.25, 0.3) is 0 Å². The van der Waals surface area contributed by atoms with E-state index < -0.39 is 0 Å². The van der Waals surface area contributed by atoms with Crippen molar-refractivity contribution in [3.63, 3.8) is 0 Å². The van der Waals surface area contributed by atoms with Gasteiger partial charge in [0.05, 0.1) is 10.6 Å². The SMILES string of the molecule is Cc1csc(NCCc2ccc([N+](=O)[O-])cc2)n1. The minimum absolute atomic E-state index is 0.127. The van der Waals surface area contributed by atoms with Gasteiger partial charge >= 0.3 is 0 Å². The van der Waals surface area contributed by atoms with Crippen molar-refractivity contribution < 1.29 is 4.92 Å². The van der Waals surface area contributed by atoms with Crippen LogP contribution in [0.15, 0.2) is 29.6 Å². The van der Waals surface area contributed by atoms with Crippen LogP contribution in [0, 0.1) is 17.0 Å². The zero-order valence-electron chi connectivity index (χ0n) is 9.92. The number of nitrogens with zero attached hydrogens (tertiary/aromatic N) is 2. The number of thiazole rings is 1. The average molecular weight is 263 g/mol. The Bertz CT molecular complexity index is 537. The zero-order chi connectivity index (χ0) is 13.0. The predicted octanol–water partition coefficient (Wildman–Crippen LogP) is 3.01. The Morgan fingerprint density at radius 3 is 2.67 bits per heavy atom. The Morgan fingerprint density at radius 1 is 1.39 bits per heavy atom. The van der Waals surface area contributed by atoms with Crippen molar-refractivity contribution in [2.24, 2.45) is 0 Å². The average Bonchev–Trinajstić information content (AvgIpc) is 2.76. The van der Waals surface area contributed by atoms with E-state index in [1.807, 2.05) is 12.3 Å². The van der Waals surface area contributed by atoms with Gasteiger partial charge < -0.3 is 5.32 Å². The fourth-order valence-corrected chi connectivity index (χ4v) is 2.25. The zero-order valence-corrected chi connectivity index (χ0v) is 10.7. The molecule has 1 aromatic heterocycles. The molecule has 1 N–H and O–H groups in total. The third-order valence-corrected chi connectivity index (χ3v) is 3.37. The molecule has 0 aliphatic carbocycles. The Labute approximate surface area is 109 Å². The lowest BCUT2D eigenvalue weighted by Gasteiger charge is -2.02. The van der Waals surface area contributed by atoms with Gasteiger partial charge in [0.2, 0.25) is 0 Å². The highest BCUT2D eigenvalue weighted by Crippen LogP contribution is 2.15. The summed E-state index contributed by atoms with van der Waals surface area (Å²) >= 11 is 1.58. The lowest BCUT2D eigenvalue weighted by Crippen LogP contribution is -2.04. The van der Waals surface area contributed by atoms with E-state index >= 15 is 0 Å². The second-order valence-corrected chi connectivity index (χ2v) is 4.75. The van der Waals surface area contributed by atoms with Crippen molar-refractivity contribution in [1.82, 2.24) is 4.98 Å². The van der Waals surface area contributed by atoms with E-state index in [-0.39, 0.29) is 10.6 Å². The van der Waals surface area contributed by atoms with Crippen LogP contribution < -0.4 is 5.32 Å². The number of hydrogen-bond donors (Lipinski definition) is 1. The van der Waals surface area contributed by atoms with E-state index in [2.05, 4.69) is 10.3 Å². The minimum Gasteiger partial charge on any atom is -0.361 e. The van der Waals surface area contributed by atoms with Crippen molar-refractivity contribution in [1.29, 1.82) is 0 Å². The first kappa shape index (κ1) is 12.5. The molecule has 0 aliphatic rings. The lowest BCUT2D eigenvalue weighted by molar-refractivity contribution is -0.384. The molecule has 2 rings (SSSR count). The molecule has 18 heavy (non-hydrogen) atoms. The summed E-state index contributed by atoms with van der Waals surface area (Å²) in [5.41, 5.74) is 2.21. The van der Waals surface area contributed by atoms with E-state index in [1.54, 1.807) is 23.5 Å². The van der Waals surface area contributed by atoms with Gasteiger partial charge in [0.1, 0.15) is 0 Å². The first-order valence-electron chi connectivity index (χ1n) is 5.54. The van der Waals surface area contributed by atoms with Gasteiger partial charge in [-0.15, -0.1) is 11.3 Å². The number of aryl methyl sites for hydroxylation is 1. The van der Waals surface area contributed by atoms with Gasteiger partial charge in [-0.05, 0) is 18.9 Å². The molecular weight excluding hydrogens is 250 g/mol. The molecular formula is C12H13N3O2S. The first-order valence-corrected chi connectivity index (χ1v) is 6.42. The van der Waals surface area contributed by atoms with Crippen LogP contribution in [0.2, 0.25) is 0 Å². The van der Waals surface area contributed by atoms with Crippen molar-refractivity contribution in [3.8, 4) is 0 Å².